The van der Waals surface area contributed by atoms with E-state index in [2.05, 4.69) is 22.8 Å². The van der Waals surface area contributed by atoms with Gasteiger partial charge in [-0.25, -0.2) is 9.59 Å². The van der Waals surface area contributed by atoms with Crippen LogP contribution in [0.2, 0.25) is 0 Å². The summed E-state index contributed by atoms with van der Waals surface area (Å²) in [5.74, 6) is -1.26. The van der Waals surface area contributed by atoms with Gasteiger partial charge in [0.1, 0.15) is 12.6 Å². The summed E-state index contributed by atoms with van der Waals surface area (Å²) in [7, 11) is 1.66. The van der Waals surface area contributed by atoms with Crippen LogP contribution in [-0.4, -0.2) is 53.6 Å². The maximum absolute atomic E-state index is 12.6. The van der Waals surface area contributed by atoms with Crippen molar-refractivity contribution in [2.45, 2.75) is 49.3 Å². The van der Waals surface area contributed by atoms with Crippen molar-refractivity contribution in [3.05, 3.63) is 59.7 Å². The molecule has 1 amide bonds. The number of hydrogen-bond donors (Lipinski definition) is 4. The van der Waals surface area contributed by atoms with Gasteiger partial charge in [0.2, 0.25) is 0 Å². The van der Waals surface area contributed by atoms with E-state index in [4.69, 9.17) is 4.74 Å². The first-order chi connectivity index (χ1) is 14.9. The highest BCUT2D eigenvalue weighted by Gasteiger charge is 2.46. The first-order valence-corrected chi connectivity index (χ1v) is 10.7. The van der Waals surface area contributed by atoms with Crippen LogP contribution in [0.25, 0.3) is 11.1 Å². The van der Waals surface area contributed by atoms with Gasteiger partial charge in [0.05, 0.1) is 11.6 Å². The van der Waals surface area contributed by atoms with Gasteiger partial charge in [0.15, 0.2) is 0 Å². The number of ether oxygens (including phenoxy) is 1. The largest absolute Gasteiger partial charge is 0.480 e. The van der Waals surface area contributed by atoms with E-state index in [1.165, 1.54) is 0 Å². The number of alkyl carbamates (subject to hydrolysis) is 1. The lowest BCUT2D eigenvalue weighted by Gasteiger charge is -2.43. The molecule has 0 unspecified atom stereocenters. The van der Waals surface area contributed by atoms with Crippen molar-refractivity contribution in [3.8, 4) is 11.1 Å². The summed E-state index contributed by atoms with van der Waals surface area (Å²) in [4.78, 5) is 24.6. The molecule has 1 fully saturated rings. The van der Waals surface area contributed by atoms with Crippen molar-refractivity contribution in [1.29, 1.82) is 0 Å². The molecule has 7 nitrogen and oxygen atoms in total. The Balaban J connectivity index is 1.48. The van der Waals surface area contributed by atoms with Crippen molar-refractivity contribution in [2.75, 3.05) is 13.7 Å². The van der Waals surface area contributed by atoms with Crippen molar-refractivity contribution in [3.63, 3.8) is 0 Å². The molecule has 164 valence electrons. The van der Waals surface area contributed by atoms with Crippen LogP contribution in [0.3, 0.4) is 0 Å². The smallest absolute Gasteiger partial charge is 0.407 e. The molecule has 1 saturated carbocycles. The summed E-state index contributed by atoms with van der Waals surface area (Å²) in [6.45, 7) is 0.112. The topological polar surface area (TPSA) is 108 Å². The number of aliphatic carboxylic acids is 1. The van der Waals surface area contributed by atoms with Gasteiger partial charge in [-0.1, -0.05) is 48.5 Å². The second kappa shape index (κ2) is 8.69. The molecule has 7 heteroatoms. The van der Waals surface area contributed by atoms with E-state index in [1.54, 1.807) is 7.05 Å². The van der Waals surface area contributed by atoms with E-state index in [9.17, 15) is 19.8 Å². The predicted octanol–water partition coefficient (Wildman–Crippen LogP) is 2.87. The van der Waals surface area contributed by atoms with E-state index in [0.29, 0.717) is 19.3 Å². The Bertz CT molecular complexity index is 932. The molecule has 2 aliphatic rings. The Labute approximate surface area is 181 Å². The third-order valence-electron chi connectivity index (χ3n) is 6.66. The van der Waals surface area contributed by atoms with Crippen LogP contribution in [-0.2, 0) is 9.53 Å². The number of carbonyl (C=O) groups excluding carboxylic acids is 1. The minimum atomic E-state index is -1.21. The standard InChI is InChI=1S/C24H28N2O5/c1-25-24(12-6-7-15(27)13-24)21(22(28)29)26-23(30)31-14-20-18-10-4-2-8-16(18)17-9-3-5-11-19(17)20/h2-5,8-11,15,20-21,25,27H,6-7,12-14H2,1H3,(H,26,30)(H,28,29)/t15-,21+,24+/m0/s1. The molecule has 0 spiro atoms. The van der Waals surface area contributed by atoms with E-state index < -0.39 is 29.7 Å². The number of rotatable bonds is 6. The van der Waals surface area contributed by atoms with Gasteiger partial charge in [-0.05, 0) is 55.0 Å². The zero-order valence-electron chi connectivity index (χ0n) is 17.5. The Morgan fingerprint density at radius 3 is 2.29 bits per heavy atom. The van der Waals surface area contributed by atoms with Gasteiger partial charge in [-0.2, -0.15) is 0 Å². The van der Waals surface area contributed by atoms with E-state index in [0.717, 1.165) is 22.3 Å². The van der Waals surface area contributed by atoms with Gasteiger partial charge >= 0.3 is 12.1 Å². The molecule has 31 heavy (non-hydrogen) atoms. The number of hydrogen-bond acceptors (Lipinski definition) is 5. The van der Waals surface area contributed by atoms with E-state index in [1.807, 2.05) is 36.4 Å². The van der Waals surface area contributed by atoms with Gasteiger partial charge in [-0.15, -0.1) is 0 Å². The monoisotopic (exact) mass is 424 g/mol. The van der Waals surface area contributed by atoms with Crippen molar-refractivity contribution < 1.29 is 24.5 Å². The molecular weight excluding hydrogens is 396 g/mol. The highest BCUT2D eigenvalue weighted by molar-refractivity contribution is 5.82. The Morgan fingerprint density at radius 2 is 1.74 bits per heavy atom. The fourth-order valence-corrected chi connectivity index (χ4v) is 5.11. The molecule has 0 saturated heterocycles. The SMILES string of the molecule is CN[C@]1([C@H](NC(=O)OCC2c3ccccc3-c3ccccc32)C(=O)O)CCC[C@H](O)C1. The van der Waals surface area contributed by atoms with Crippen molar-refractivity contribution in [1.82, 2.24) is 10.6 Å². The molecule has 0 bridgehead atoms. The molecule has 0 heterocycles. The number of nitrogens with one attached hydrogen (secondary N) is 2. The summed E-state index contributed by atoms with van der Waals surface area (Å²) < 4.78 is 5.52. The number of aliphatic hydroxyl groups is 1. The quantitative estimate of drug-likeness (QED) is 0.568. The van der Waals surface area contributed by atoms with Crippen LogP contribution in [0.5, 0.6) is 0 Å². The van der Waals surface area contributed by atoms with Gasteiger partial charge < -0.3 is 25.6 Å². The minimum Gasteiger partial charge on any atom is -0.480 e. The molecule has 2 aromatic rings. The van der Waals surface area contributed by atoms with Crippen LogP contribution in [0.15, 0.2) is 48.5 Å². The maximum atomic E-state index is 12.6. The lowest BCUT2D eigenvalue weighted by Crippen LogP contribution is -2.65. The fraction of sp³-hybridized carbons (Fsp3) is 0.417. The Morgan fingerprint density at radius 1 is 1.13 bits per heavy atom. The molecule has 4 N–H and O–H groups in total. The lowest BCUT2D eigenvalue weighted by molar-refractivity contribution is -0.142. The molecule has 2 aliphatic carbocycles. The van der Waals surface area contributed by atoms with Gasteiger partial charge in [-0.3, -0.25) is 0 Å². The first kappa shape index (κ1) is 21.3. The average Bonchev–Trinajstić information content (AvgIpc) is 3.09. The van der Waals surface area contributed by atoms with Crippen LogP contribution in [0, 0.1) is 0 Å². The third kappa shape index (κ3) is 4.03. The summed E-state index contributed by atoms with van der Waals surface area (Å²) >= 11 is 0. The van der Waals surface area contributed by atoms with Crippen LogP contribution >= 0.6 is 0 Å². The Kier molecular flexibility index (Phi) is 5.98. The molecule has 0 radical (unpaired) electrons. The van der Waals surface area contributed by atoms with E-state index in [-0.39, 0.29) is 18.9 Å². The predicted molar refractivity (Wildman–Crippen MR) is 116 cm³/mol. The number of carbonyl (C=O) groups is 2. The molecule has 3 atom stereocenters. The molecular formula is C24H28N2O5. The number of amides is 1. The fourth-order valence-electron chi connectivity index (χ4n) is 5.11. The summed E-state index contributed by atoms with van der Waals surface area (Å²) in [5.41, 5.74) is 3.51. The number of aliphatic hydroxyl groups excluding tert-OH is 1. The maximum Gasteiger partial charge on any atom is 0.407 e. The summed E-state index contributed by atoms with van der Waals surface area (Å²) in [6.07, 6.45) is 0.723. The second-order valence-electron chi connectivity index (χ2n) is 8.40. The number of carboxylic acids is 1. The highest BCUT2D eigenvalue weighted by Crippen LogP contribution is 2.44. The zero-order chi connectivity index (χ0) is 22.0. The van der Waals surface area contributed by atoms with Crippen molar-refractivity contribution >= 4 is 12.1 Å². The van der Waals surface area contributed by atoms with E-state index >= 15 is 0 Å². The number of likely N-dealkylation sites (N-methyl/N-ethyl adjacent to an activating group) is 1. The second-order valence-corrected chi connectivity index (χ2v) is 8.40. The molecule has 4 rings (SSSR count). The van der Waals surface area contributed by atoms with Gasteiger partial charge in [0.25, 0.3) is 0 Å². The summed E-state index contributed by atoms with van der Waals surface area (Å²) in [6, 6.07) is 14.9. The van der Waals surface area contributed by atoms with Crippen LogP contribution in [0.1, 0.15) is 42.7 Å². The average molecular weight is 424 g/mol. The van der Waals surface area contributed by atoms with Gasteiger partial charge in [0, 0.05) is 5.92 Å². The number of fused-ring (bicyclic) bond motifs is 3. The molecule has 0 aromatic heterocycles. The zero-order valence-corrected chi connectivity index (χ0v) is 17.5. The summed E-state index contributed by atoms with van der Waals surface area (Å²) in [5, 5.41) is 25.5. The molecule has 2 aromatic carbocycles. The van der Waals surface area contributed by atoms with Crippen molar-refractivity contribution in [2.24, 2.45) is 0 Å². The third-order valence-corrected chi connectivity index (χ3v) is 6.66. The number of benzene rings is 2. The van der Waals surface area contributed by atoms with Crippen LogP contribution < -0.4 is 10.6 Å². The highest BCUT2D eigenvalue weighted by atomic mass is 16.5. The molecule has 0 aliphatic heterocycles. The number of carboxylic acid groups (broad SMARTS) is 1. The normalized spacial score (nSPS) is 23.5. The van der Waals surface area contributed by atoms with Crippen LogP contribution in [0.4, 0.5) is 4.79 Å². The first-order valence-electron chi connectivity index (χ1n) is 10.7. The lowest BCUT2D eigenvalue weighted by atomic mass is 9.75. The minimum absolute atomic E-state index is 0.101. The Hall–Kier alpha value is -2.90.